The van der Waals surface area contributed by atoms with Crippen molar-refractivity contribution in [3.8, 4) is 28.4 Å². The first-order valence-electron chi connectivity index (χ1n) is 12.7. The number of benzene rings is 2. The quantitative estimate of drug-likeness (QED) is 0.288. The molecule has 0 saturated heterocycles. The highest BCUT2D eigenvalue weighted by Crippen LogP contribution is 2.35. The molecule has 3 heterocycles. The zero-order valence-electron chi connectivity index (χ0n) is 20.9. The molecule has 186 valence electrons. The predicted molar refractivity (Wildman–Crippen MR) is 147 cm³/mol. The van der Waals surface area contributed by atoms with Crippen LogP contribution in [0.25, 0.3) is 22.5 Å². The van der Waals surface area contributed by atoms with Crippen LogP contribution in [-0.4, -0.2) is 33.1 Å². The molecule has 4 aromatic rings. The van der Waals surface area contributed by atoms with Gasteiger partial charge in [-0.2, -0.15) is 0 Å². The second kappa shape index (κ2) is 10.7. The fourth-order valence-electron chi connectivity index (χ4n) is 4.76. The summed E-state index contributed by atoms with van der Waals surface area (Å²) in [5.74, 6) is 1.03. The van der Waals surface area contributed by atoms with Crippen LogP contribution in [0.2, 0.25) is 0 Å². The number of thiazole rings is 1. The fraction of sp³-hybridized carbons (Fsp3) is 0.345. The molecule has 0 amide bonds. The minimum absolute atomic E-state index is 0.0262. The average molecular weight is 501 g/mol. The number of H-pyrrole nitrogens is 1. The van der Waals surface area contributed by atoms with E-state index in [4.69, 9.17) is 9.97 Å². The molecule has 2 aromatic heterocycles. The summed E-state index contributed by atoms with van der Waals surface area (Å²) in [4.78, 5) is 27.2. The molecule has 7 heteroatoms. The van der Waals surface area contributed by atoms with Crippen molar-refractivity contribution in [3.63, 3.8) is 0 Å². The first-order chi connectivity index (χ1) is 17.5. The molecule has 1 aliphatic heterocycles. The zero-order chi connectivity index (χ0) is 25.1. The van der Waals surface area contributed by atoms with E-state index in [1.54, 1.807) is 0 Å². The van der Waals surface area contributed by atoms with Gasteiger partial charge in [0.1, 0.15) is 0 Å². The van der Waals surface area contributed by atoms with Gasteiger partial charge in [0.05, 0.1) is 22.0 Å². The summed E-state index contributed by atoms with van der Waals surface area (Å²) in [5.41, 5.74) is 7.60. The Morgan fingerprint density at radius 1 is 0.917 bits per heavy atom. The molecule has 0 aliphatic carbocycles. The van der Waals surface area contributed by atoms with Crippen molar-refractivity contribution in [1.29, 1.82) is 0 Å². The molecular formula is C29H32N4O2S. The molecule has 0 saturated carbocycles. The van der Waals surface area contributed by atoms with Gasteiger partial charge in [0.15, 0.2) is 5.82 Å². The Hall–Kier alpha value is -3.45. The molecule has 0 fully saturated rings. The number of aromatic hydroxyl groups is 1. The van der Waals surface area contributed by atoms with Crippen LogP contribution in [0.15, 0.2) is 53.3 Å². The van der Waals surface area contributed by atoms with Gasteiger partial charge in [-0.05, 0) is 46.0 Å². The molecule has 1 aliphatic rings. The minimum atomic E-state index is -0.194. The van der Waals surface area contributed by atoms with Gasteiger partial charge in [0, 0.05) is 24.2 Å². The van der Waals surface area contributed by atoms with Gasteiger partial charge in [-0.15, -0.1) is 0 Å². The van der Waals surface area contributed by atoms with Crippen molar-refractivity contribution >= 4 is 17.2 Å². The van der Waals surface area contributed by atoms with Crippen molar-refractivity contribution in [2.75, 3.05) is 18.0 Å². The van der Waals surface area contributed by atoms with E-state index in [-0.39, 0.29) is 10.8 Å². The van der Waals surface area contributed by atoms with E-state index < -0.39 is 0 Å². The standard InChI is InChI=1S/C29H32N4O2S/c1-19-9-13-21(14-10-19)25-26(22-15-11-20(2)12-16-22)31-27-23(30-25)7-6-18-33(27)17-5-3-4-8-24-28(34)32-29(35)36-24/h9-16,34H,3-8,17-18H2,1-2H3,(H,32,35). The first kappa shape index (κ1) is 24.3. The Balaban J connectivity index is 1.37. The number of fused-ring (bicyclic) bond motifs is 1. The number of nitrogens with one attached hydrogen (secondary N) is 1. The van der Waals surface area contributed by atoms with Crippen LogP contribution >= 0.6 is 11.3 Å². The Bertz CT molecular complexity index is 1390. The summed E-state index contributed by atoms with van der Waals surface area (Å²) in [6, 6.07) is 17.1. The molecule has 2 aromatic carbocycles. The van der Waals surface area contributed by atoms with E-state index >= 15 is 0 Å². The number of unbranched alkanes of at least 4 members (excludes halogenated alkanes) is 2. The highest BCUT2D eigenvalue weighted by molar-refractivity contribution is 7.09. The van der Waals surface area contributed by atoms with Gasteiger partial charge >= 0.3 is 4.87 Å². The summed E-state index contributed by atoms with van der Waals surface area (Å²) in [6.07, 6.45) is 5.73. The summed E-state index contributed by atoms with van der Waals surface area (Å²) in [5, 5.41) is 9.79. The van der Waals surface area contributed by atoms with E-state index in [0.717, 1.165) is 102 Å². The fourth-order valence-corrected chi connectivity index (χ4v) is 5.52. The summed E-state index contributed by atoms with van der Waals surface area (Å²) in [7, 11) is 0. The van der Waals surface area contributed by atoms with Crippen LogP contribution in [0.3, 0.4) is 0 Å². The number of aromatic nitrogens is 3. The van der Waals surface area contributed by atoms with Crippen LogP contribution in [0.1, 0.15) is 47.4 Å². The van der Waals surface area contributed by atoms with Crippen LogP contribution < -0.4 is 9.77 Å². The first-order valence-corrected chi connectivity index (χ1v) is 13.5. The van der Waals surface area contributed by atoms with Crippen LogP contribution in [-0.2, 0) is 12.8 Å². The summed E-state index contributed by atoms with van der Waals surface area (Å²) < 4.78 is 0. The number of anilines is 1. The lowest BCUT2D eigenvalue weighted by Gasteiger charge is -2.30. The van der Waals surface area contributed by atoms with Crippen molar-refractivity contribution < 1.29 is 5.11 Å². The van der Waals surface area contributed by atoms with Gasteiger partial charge < -0.3 is 10.0 Å². The van der Waals surface area contributed by atoms with Crippen molar-refractivity contribution in [2.45, 2.75) is 52.4 Å². The number of aryl methyl sites for hydroxylation is 4. The normalized spacial score (nSPS) is 13.1. The lowest BCUT2D eigenvalue weighted by molar-refractivity contribution is 0.448. The van der Waals surface area contributed by atoms with E-state index in [9.17, 15) is 9.90 Å². The van der Waals surface area contributed by atoms with Gasteiger partial charge in [-0.3, -0.25) is 9.78 Å². The summed E-state index contributed by atoms with van der Waals surface area (Å²) >= 11 is 1.10. The summed E-state index contributed by atoms with van der Waals surface area (Å²) in [6.45, 7) is 6.11. The van der Waals surface area contributed by atoms with Gasteiger partial charge in [0.2, 0.25) is 5.88 Å². The second-order valence-electron chi connectivity index (χ2n) is 9.61. The molecule has 0 spiro atoms. The Labute approximate surface area is 215 Å². The van der Waals surface area contributed by atoms with Crippen molar-refractivity contribution in [2.24, 2.45) is 0 Å². The Kier molecular flexibility index (Phi) is 7.18. The smallest absolute Gasteiger partial charge is 0.307 e. The van der Waals surface area contributed by atoms with Crippen molar-refractivity contribution in [1.82, 2.24) is 15.0 Å². The van der Waals surface area contributed by atoms with Crippen LogP contribution in [0, 0.1) is 13.8 Å². The number of rotatable bonds is 8. The van der Waals surface area contributed by atoms with E-state index in [2.05, 4.69) is 72.3 Å². The minimum Gasteiger partial charge on any atom is -0.494 e. The monoisotopic (exact) mass is 500 g/mol. The Morgan fingerprint density at radius 3 is 2.17 bits per heavy atom. The predicted octanol–water partition coefficient (Wildman–Crippen LogP) is 6.05. The third-order valence-electron chi connectivity index (χ3n) is 6.77. The Morgan fingerprint density at radius 2 is 1.56 bits per heavy atom. The SMILES string of the molecule is Cc1ccc(-c2nc3c(nc2-c2ccc(C)cc2)N(CCCCCc2sc(=O)[nH]c2O)CCC3)cc1. The molecule has 0 bridgehead atoms. The lowest BCUT2D eigenvalue weighted by atomic mass is 10.0. The maximum absolute atomic E-state index is 11.4. The number of hydrogen-bond donors (Lipinski definition) is 2. The maximum Gasteiger partial charge on any atom is 0.307 e. The highest BCUT2D eigenvalue weighted by atomic mass is 32.1. The van der Waals surface area contributed by atoms with Crippen LogP contribution in [0.5, 0.6) is 5.88 Å². The zero-order valence-corrected chi connectivity index (χ0v) is 21.7. The second-order valence-corrected chi connectivity index (χ2v) is 10.7. The van der Waals surface area contributed by atoms with E-state index in [1.165, 1.54) is 11.1 Å². The lowest BCUT2D eigenvalue weighted by Crippen LogP contribution is -2.32. The highest BCUT2D eigenvalue weighted by Gasteiger charge is 2.23. The number of hydrogen-bond acceptors (Lipinski definition) is 6. The third kappa shape index (κ3) is 5.36. The average Bonchev–Trinajstić information content (AvgIpc) is 3.20. The molecule has 0 atom stereocenters. The molecule has 6 nitrogen and oxygen atoms in total. The molecule has 5 rings (SSSR count). The van der Waals surface area contributed by atoms with Gasteiger partial charge in [0.25, 0.3) is 0 Å². The van der Waals surface area contributed by atoms with Gasteiger partial charge in [-0.25, -0.2) is 9.97 Å². The van der Waals surface area contributed by atoms with E-state index in [1.807, 2.05) is 0 Å². The molecule has 36 heavy (non-hydrogen) atoms. The largest absolute Gasteiger partial charge is 0.494 e. The topological polar surface area (TPSA) is 82.1 Å². The van der Waals surface area contributed by atoms with Gasteiger partial charge in [-0.1, -0.05) is 77.4 Å². The number of aromatic amines is 1. The maximum atomic E-state index is 11.4. The molecule has 0 unspecified atom stereocenters. The molecular weight excluding hydrogens is 468 g/mol. The van der Waals surface area contributed by atoms with Crippen LogP contribution in [0.4, 0.5) is 5.82 Å². The third-order valence-corrected chi connectivity index (χ3v) is 7.70. The van der Waals surface area contributed by atoms with Crippen molar-refractivity contribution in [3.05, 3.63) is 79.9 Å². The van der Waals surface area contributed by atoms with E-state index in [0.29, 0.717) is 0 Å². The number of nitrogens with zero attached hydrogens (tertiary/aromatic N) is 3. The molecule has 2 N–H and O–H groups in total. The molecule has 0 radical (unpaired) electrons.